The third-order valence-electron chi connectivity index (χ3n) is 1.85. The molecule has 0 bridgehead atoms. The average Bonchev–Trinajstić information content (AvgIpc) is 1.83. The van der Waals surface area contributed by atoms with Crippen LogP contribution in [0.25, 0.3) is 0 Å². The molecule has 1 aliphatic rings. The molecular formula is C7H12O2. The lowest BCUT2D eigenvalue weighted by Crippen LogP contribution is -2.30. The van der Waals surface area contributed by atoms with E-state index in [1.54, 1.807) is 12.3 Å². The lowest BCUT2D eigenvalue weighted by Gasteiger charge is -2.26. The third-order valence-corrected chi connectivity index (χ3v) is 1.85. The third kappa shape index (κ3) is 1.24. The van der Waals surface area contributed by atoms with Crippen LogP contribution in [0.3, 0.4) is 0 Å². The van der Waals surface area contributed by atoms with Gasteiger partial charge in [-0.1, -0.05) is 6.92 Å². The van der Waals surface area contributed by atoms with Gasteiger partial charge in [-0.15, -0.1) is 0 Å². The average molecular weight is 128 g/mol. The molecule has 0 aliphatic carbocycles. The molecule has 1 aliphatic heterocycles. The molecule has 0 fully saturated rings. The van der Waals surface area contributed by atoms with E-state index in [2.05, 4.69) is 0 Å². The summed E-state index contributed by atoms with van der Waals surface area (Å²) in [5, 5.41) is 9.18. The molecule has 2 heteroatoms. The van der Waals surface area contributed by atoms with Crippen molar-refractivity contribution in [3.63, 3.8) is 0 Å². The molecule has 0 aromatic rings. The molecule has 0 aromatic carbocycles. The molecule has 1 rings (SSSR count). The van der Waals surface area contributed by atoms with Crippen LogP contribution in [0.15, 0.2) is 12.3 Å². The van der Waals surface area contributed by atoms with E-state index in [0.717, 1.165) is 0 Å². The quantitative estimate of drug-likeness (QED) is 0.525. The van der Waals surface area contributed by atoms with Crippen molar-refractivity contribution >= 4 is 0 Å². The highest BCUT2D eigenvalue weighted by molar-refractivity contribution is 4.93. The predicted molar refractivity (Wildman–Crippen MR) is 34.9 cm³/mol. The van der Waals surface area contributed by atoms with Crippen molar-refractivity contribution in [2.75, 3.05) is 0 Å². The Bertz CT molecular complexity index is 120. The van der Waals surface area contributed by atoms with Crippen LogP contribution >= 0.6 is 0 Å². The van der Waals surface area contributed by atoms with Crippen molar-refractivity contribution in [2.45, 2.75) is 26.1 Å². The Hall–Kier alpha value is -0.500. The van der Waals surface area contributed by atoms with Gasteiger partial charge in [0, 0.05) is 5.92 Å². The van der Waals surface area contributed by atoms with E-state index in [0.29, 0.717) is 0 Å². The Morgan fingerprint density at radius 1 is 1.44 bits per heavy atom. The smallest absolute Gasteiger partial charge is 0.100 e. The molecular weight excluding hydrogens is 116 g/mol. The van der Waals surface area contributed by atoms with Gasteiger partial charge in [-0.25, -0.2) is 0 Å². The van der Waals surface area contributed by atoms with Crippen LogP contribution < -0.4 is 0 Å². The zero-order valence-electron chi connectivity index (χ0n) is 5.74. The summed E-state index contributed by atoms with van der Waals surface area (Å²) in [5.41, 5.74) is 0. The SMILES string of the molecule is C[C@H]1[C@H](O)C=CO[C@@H]1C. The minimum Gasteiger partial charge on any atom is -0.498 e. The maximum absolute atomic E-state index is 9.18. The van der Waals surface area contributed by atoms with E-state index in [1.807, 2.05) is 13.8 Å². The number of aliphatic hydroxyl groups excluding tert-OH is 1. The first-order valence-corrected chi connectivity index (χ1v) is 3.22. The van der Waals surface area contributed by atoms with Crippen molar-refractivity contribution < 1.29 is 9.84 Å². The fourth-order valence-electron chi connectivity index (χ4n) is 0.827. The highest BCUT2D eigenvalue weighted by Crippen LogP contribution is 2.17. The maximum atomic E-state index is 9.18. The second kappa shape index (κ2) is 2.40. The molecule has 0 saturated carbocycles. The highest BCUT2D eigenvalue weighted by Gasteiger charge is 2.22. The molecule has 0 aromatic heterocycles. The molecule has 1 heterocycles. The van der Waals surface area contributed by atoms with Crippen LogP contribution in [0.4, 0.5) is 0 Å². The van der Waals surface area contributed by atoms with Crippen molar-refractivity contribution in [2.24, 2.45) is 5.92 Å². The van der Waals surface area contributed by atoms with E-state index >= 15 is 0 Å². The van der Waals surface area contributed by atoms with Gasteiger partial charge in [0.25, 0.3) is 0 Å². The van der Waals surface area contributed by atoms with E-state index in [9.17, 15) is 5.11 Å². The van der Waals surface area contributed by atoms with Gasteiger partial charge in [0.15, 0.2) is 0 Å². The molecule has 0 spiro atoms. The van der Waals surface area contributed by atoms with Crippen molar-refractivity contribution in [3.05, 3.63) is 12.3 Å². The fraction of sp³-hybridized carbons (Fsp3) is 0.714. The lowest BCUT2D eigenvalue weighted by molar-refractivity contribution is 0.0224. The number of aliphatic hydroxyl groups is 1. The Kier molecular flexibility index (Phi) is 1.76. The Morgan fingerprint density at radius 3 is 2.56 bits per heavy atom. The summed E-state index contributed by atoms with van der Waals surface area (Å²) in [6.45, 7) is 3.93. The molecule has 9 heavy (non-hydrogen) atoms. The number of rotatable bonds is 0. The summed E-state index contributed by atoms with van der Waals surface area (Å²) in [5.74, 6) is 0.218. The topological polar surface area (TPSA) is 29.5 Å². The monoisotopic (exact) mass is 128 g/mol. The molecule has 1 N–H and O–H groups in total. The van der Waals surface area contributed by atoms with Crippen molar-refractivity contribution in [1.29, 1.82) is 0 Å². The molecule has 52 valence electrons. The zero-order chi connectivity index (χ0) is 6.85. The second-order valence-electron chi connectivity index (χ2n) is 2.52. The Labute approximate surface area is 55.1 Å². The highest BCUT2D eigenvalue weighted by atomic mass is 16.5. The van der Waals surface area contributed by atoms with Crippen molar-refractivity contribution in [1.82, 2.24) is 0 Å². The first-order valence-electron chi connectivity index (χ1n) is 3.22. The number of ether oxygens (including phenoxy) is 1. The van der Waals surface area contributed by atoms with E-state index in [-0.39, 0.29) is 18.1 Å². The van der Waals surface area contributed by atoms with Gasteiger partial charge in [0.05, 0.1) is 12.4 Å². The van der Waals surface area contributed by atoms with Gasteiger partial charge in [0.1, 0.15) is 6.10 Å². The first kappa shape index (κ1) is 6.62. The van der Waals surface area contributed by atoms with Crippen LogP contribution in [-0.2, 0) is 4.74 Å². The van der Waals surface area contributed by atoms with Crippen LogP contribution in [0, 0.1) is 5.92 Å². The van der Waals surface area contributed by atoms with Gasteiger partial charge >= 0.3 is 0 Å². The summed E-state index contributed by atoms with van der Waals surface area (Å²) in [4.78, 5) is 0. The van der Waals surface area contributed by atoms with E-state index < -0.39 is 0 Å². The minimum absolute atomic E-state index is 0.144. The largest absolute Gasteiger partial charge is 0.498 e. The van der Waals surface area contributed by atoms with E-state index in [1.165, 1.54) is 0 Å². The maximum Gasteiger partial charge on any atom is 0.100 e. The summed E-state index contributed by atoms with van der Waals surface area (Å²) in [7, 11) is 0. The Morgan fingerprint density at radius 2 is 2.11 bits per heavy atom. The normalized spacial score (nSPS) is 42.3. The molecule has 0 unspecified atom stereocenters. The van der Waals surface area contributed by atoms with Gasteiger partial charge in [-0.05, 0) is 13.0 Å². The van der Waals surface area contributed by atoms with E-state index in [4.69, 9.17) is 4.74 Å². The van der Waals surface area contributed by atoms with Crippen molar-refractivity contribution in [3.8, 4) is 0 Å². The van der Waals surface area contributed by atoms with Gasteiger partial charge in [-0.3, -0.25) is 0 Å². The number of hydrogen-bond donors (Lipinski definition) is 1. The lowest BCUT2D eigenvalue weighted by atomic mass is 9.98. The Balaban J connectivity index is 2.58. The second-order valence-corrected chi connectivity index (χ2v) is 2.52. The summed E-state index contributed by atoms with van der Waals surface area (Å²) >= 11 is 0. The minimum atomic E-state index is -0.325. The molecule has 0 radical (unpaired) electrons. The van der Waals surface area contributed by atoms with Gasteiger partial charge in [0.2, 0.25) is 0 Å². The molecule has 0 saturated heterocycles. The molecule has 2 nitrogen and oxygen atoms in total. The standard InChI is InChI=1S/C7H12O2/c1-5-6(2)9-4-3-7(5)8/h3-8H,1-2H3/t5-,6-,7-/m1/s1. The fourth-order valence-corrected chi connectivity index (χ4v) is 0.827. The zero-order valence-corrected chi connectivity index (χ0v) is 5.74. The predicted octanol–water partition coefficient (Wildman–Crippen LogP) is 0.916. The van der Waals surface area contributed by atoms with Crippen LogP contribution in [-0.4, -0.2) is 17.3 Å². The molecule has 0 amide bonds. The van der Waals surface area contributed by atoms with Crippen LogP contribution in [0.1, 0.15) is 13.8 Å². The summed E-state index contributed by atoms with van der Waals surface area (Å²) < 4.78 is 5.12. The number of hydrogen-bond acceptors (Lipinski definition) is 2. The van der Waals surface area contributed by atoms with Gasteiger partial charge in [-0.2, -0.15) is 0 Å². The molecule has 3 atom stereocenters. The summed E-state index contributed by atoms with van der Waals surface area (Å²) in [6, 6.07) is 0. The van der Waals surface area contributed by atoms with Crippen LogP contribution in [0.5, 0.6) is 0 Å². The van der Waals surface area contributed by atoms with Gasteiger partial charge < -0.3 is 9.84 Å². The van der Waals surface area contributed by atoms with Crippen LogP contribution in [0.2, 0.25) is 0 Å². The first-order chi connectivity index (χ1) is 4.22. The summed E-state index contributed by atoms with van der Waals surface area (Å²) in [6.07, 6.45) is 3.05.